The molecular weight excluding hydrogens is 376 g/mol. The molecular formula is C21H24N2O4S. The molecule has 1 aliphatic rings. The molecule has 0 spiro atoms. The van der Waals surface area contributed by atoms with Gasteiger partial charge in [-0.2, -0.15) is 0 Å². The van der Waals surface area contributed by atoms with Crippen molar-refractivity contribution in [2.45, 2.75) is 51.4 Å². The fourth-order valence-electron chi connectivity index (χ4n) is 3.38. The Labute approximate surface area is 168 Å². The van der Waals surface area contributed by atoms with Gasteiger partial charge in [0.2, 0.25) is 5.91 Å². The van der Waals surface area contributed by atoms with Gasteiger partial charge in [-0.1, -0.05) is 24.6 Å². The molecule has 148 valence electrons. The monoisotopic (exact) mass is 400 g/mol. The molecule has 0 fully saturated rings. The molecule has 1 aliphatic carbocycles. The van der Waals surface area contributed by atoms with Gasteiger partial charge in [-0.05, 0) is 49.8 Å². The molecule has 7 heteroatoms. The molecule has 3 rings (SSSR count). The summed E-state index contributed by atoms with van der Waals surface area (Å²) in [5.41, 5.74) is 2.30. The Bertz CT molecular complexity index is 861. The average Bonchev–Trinajstić information content (AvgIpc) is 2.83. The lowest BCUT2D eigenvalue weighted by Gasteiger charge is -2.10. The summed E-state index contributed by atoms with van der Waals surface area (Å²) >= 11 is 1.47. The summed E-state index contributed by atoms with van der Waals surface area (Å²) in [7, 11) is 0. The maximum atomic E-state index is 13.0. The molecule has 0 atom stereocenters. The van der Waals surface area contributed by atoms with Crippen LogP contribution in [0.2, 0.25) is 0 Å². The summed E-state index contributed by atoms with van der Waals surface area (Å²) in [6, 6.07) is 9.25. The topological polar surface area (TPSA) is 95.5 Å². The number of carbonyl (C=O) groups excluding carboxylic acids is 2. The lowest BCUT2D eigenvalue weighted by Crippen LogP contribution is -2.18. The second kappa shape index (κ2) is 9.50. The third-order valence-corrected chi connectivity index (χ3v) is 5.93. The first-order chi connectivity index (χ1) is 13.5. The number of carboxylic acids is 1. The van der Waals surface area contributed by atoms with E-state index in [0.29, 0.717) is 16.3 Å². The minimum atomic E-state index is -0.918. The Morgan fingerprint density at radius 1 is 0.964 bits per heavy atom. The van der Waals surface area contributed by atoms with Gasteiger partial charge in [0.05, 0.1) is 5.56 Å². The molecule has 0 saturated heterocycles. The number of nitrogens with one attached hydrogen (secondary N) is 2. The number of aryl methyl sites for hydroxylation is 1. The highest BCUT2D eigenvalue weighted by Gasteiger charge is 2.25. The highest BCUT2D eigenvalue weighted by atomic mass is 32.1. The number of aliphatic carboxylic acids is 1. The molecule has 3 N–H and O–H groups in total. The summed E-state index contributed by atoms with van der Waals surface area (Å²) in [4.78, 5) is 37.1. The maximum absolute atomic E-state index is 13.0. The summed E-state index contributed by atoms with van der Waals surface area (Å²) in [6.07, 6.45) is 5.35. The predicted molar refractivity (Wildman–Crippen MR) is 110 cm³/mol. The highest BCUT2D eigenvalue weighted by Crippen LogP contribution is 2.38. The number of anilines is 2. The van der Waals surface area contributed by atoms with Crippen molar-refractivity contribution >= 4 is 39.8 Å². The number of para-hydroxylation sites is 1. The zero-order chi connectivity index (χ0) is 19.9. The Morgan fingerprint density at radius 2 is 1.71 bits per heavy atom. The molecule has 0 radical (unpaired) electrons. The zero-order valence-electron chi connectivity index (χ0n) is 15.6. The molecule has 6 nitrogen and oxygen atoms in total. The number of carbonyl (C=O) groups is 3. The summed E-state index contributed by atoms with van der Waals surface area (Å²) in [6.45, 7) is 0. The van der Waals surface area contributed by atoms with Crippen LogP contribution in [0.4, 0.5) is 10.7 Å². The van der Waals surface area contributed by atoms with E-state index in [9.17, 15) is 14.4 Å². The Kier molecular flexibility index (Phi) is 6.81. The van der Waals surface area contributed by atoms with E-state index in [2.05, 4.69) is 10.6 Å². The molecule has 2 amide bonds. The van der Waals surface area contributed by atoms with E-state index < -0.39 is 5.97 Å². The first-order valence-electron chi connectivity index (χ1n) is 9.57. The lowest BCUT2D eigenvalue weighted by atomic mass is 10.0. The molecule has 2 aromatic rings. The van der Waals surface area contributed by atoms with Crippen LogP contribution in [0.15, 0.2) is 30.3 Å². The second-order valence-electron chi connectivity index (χ2n) is 6.88. The first kappa shape index (κ1) is 20.1. The van der Waals surface area contributed by atoms with Crippen LogP contribution in [0.25, 0.3) is 0 Å². The van der Waals surface area contributed by atoms with Crippen LogP contribution in [-0.2, 0) is 22.4 Å². The Hall–Kier alpha value is -2.67. The van der Waals surface area contributed by atoms with E-state index in [4.69, 9.17) is 5.11 Å². The smallest absolute Gasteiger partial charge is 0.303 e. The lowest BCUT2D eigenvalue weighted by molar-refractivity contribution is -0.137. The largest absolute Gasteiger partial charge is 0.481 e. The fourth-order valence-corrected chi connectivity index (χ4v) is 4.68. The van der Waals surface area contributed by atoms with Gasteiger partial charge in [-0.15, -0.1) is 11.3 Å². The van der Waals surface area contributed by atoms with Crippen molar-refractivity contribution in [2.75, 3.05) is 10.6 Å². The van der Waals surface area contributed by atoms with Gasteiger partial charge in [0, 0.05) is 23.4 Å². The van der Waals surface area contributed by atoms with Gasteiger partial charge in [-0.3, -0.25) is 14.4 Å². The number of rotatable bonds is 7. The van der Waals surface area contributed by atoms with Crippen molar-refractivity contribution in [1.29, 1.82) is 0 Å². The van der Waals surface area contributed by atoms with E-state index >= 15 is 0 Å². The number of hydrogen-bond acceptors (Lipinski definition) is 4. The van der Waals surface area contributed by atoms with Crippen molar-refractivity contribution in [3.8, 4) is 0 Å². The summed E-state index contributed by atoms with van der Waals surface area (Å²) in [5, 5.41) is 15.1. The van der Waals surface area contributed by atoms with E-state index in [-0.39, 0.29) is 31.1 Å². The third kappa shape index (κ3) is 5.19. The van der Waals surface area contributed by atoms with Crippen molar-refractivity contribution in [3.05, 3.63) is 46.3 Å². The third-order valence-electron chi connectivity index (χ3n) is 4.73. The summed E-state index contributed by atoms with van der Waals surface area (Å²) in [5.74, 6) is -1.39. The number of carboxylic acid groups (broad SMARTS) is 1. The van der Waals surface area contributed by atoms with Crippen molar-refractivity contribution in [2.24, 2.45) is 0 Å². The van der Waals surface area contributed by atoms with Crippen LogP contribution in [0.1, 0.15) is 59.3 Å². The number of thiophene rings is 1. The van der Waals surface area contributed by atoms with Crippen molar-refractivity contribution < 1.29 is 19.5 Å². The van der Waals surface area contributed by atoms with Crippen LogP contribution >= 0.6 is 11.3 Å². The second-order valence-corrected chi connectivity index (χ2v) is 7.99. The molecule has 1 heterocycles. The van der Waals surface area contributed by atoms with Crippen LogP contribution in [0.3, 0.4) is 0 Å². The number of fused-ring (bicyclic) bond motifs is 1. The first-order valence-corrected chi connectivity index (χ1v) is 10.4. The van der Waals surface area contributed by atoms with E-state index in [1.807, 2.05) is 30.3 Å². The van der Waals surface area contributed by atoms with Gasteiger partial charge in [0.25, 0.3) is 5.91 Å². The molecule has 0 saturated carbocycles. The van der Waals surface area contributed by atoms with Crippen molar-refractivity contribution in [1.82, 2.24) is 0 Å². The molecule has 1 aromatic heterocycles. The normalized spacial score (nSPS) is 13.3. The standard InChI is InChI=1S/C21H24N2O4S/c24-17(12-7-13-18(25)26)23-21-19(15-10-5-2-6-11-16(15)28-21)20(27)22-14-8-3-1-4-9-14/h1,3-4,8-9H,2,5-7,10-13H2,(H,22,27)(H,23,24)(H,25,26). The zero-order valence-corrected chi connectivity index (χ0v) is 16.4. The maximum Gasteiger partial charge on any atom is 0.303 e. The van der Waals surface area contributed by atoms with Gasteiger partial charge in [-0.25, -0.2) is 0 Å². The highest BCUT2D eigenvalue weighted by molar-refractivity contribution is 7.17. The predicted octanol–water partition coefficient (Wildman–Crippen LogP) is 4.46. The van der Waals surface area contributed by atoms with E-state index in [1.54, 1.807) is 0 Å². The van der Waals surface area contributed by atoms with E-state index in [0.717, 1.165) is 42.5 Å². The number of benzene rings is 1. The van der Waals surface area contributed by atoms with Crippen LogP contribution in [-0.4, -0.2) is 22.9 Å². The van der Waals surface area contributed by atoms with Crippen LogP contribution < -0.4 is 10.6 Å². The molecule has 0 unspecified atom stereocenters. The fraction of sp³-hybridized carbons (Fsp3) is 0.381. The van der Waals surface area contributed by atoms with Crippen molar-refractivity contribution in [3.63, 3.8) is 0 Å². The Balaban J connectivity index is 1.81. The van der Waals surface area contributed by atoms with Gasteiger partial charge in [0.15, 0.2) is 0 Å². The Morgan fingerprint density at radius 3 is 2.46 bits per heavy atom. The van der Waals surface area contributed by atoms with Crippen LogP contribution in [0.5, 0.6) is 0 Å². The quantitative estimate of drug-likeness (QED) is 0.598. The van der Waals surface area contributed by atoms with E-state index in [1.165, 1.54) is 11.3 Å². The van der Waals surface area contributed by atoms with Gasteiger partial charge < -0.3 is 15.7 Å². The van der Waals surface area contributed by atoms with Gasteiger partial charge >= 0.3 is 5.97 Å². The minimum absolute atomic E-state index is 0.0459. The number of hydrogen-bond donors (Lipinski definition) is 3. The molecule has 28 heavy (non-hydrogen) atoms. The summed E-state index contributed by atoms with van der Waals surface area (Å²) < 4.78 is 0. The average molecular weight is 401 g/mol. The minimum Gasteiger partial charge on any atom is -0.481 e. The van der Waals surface area contributed by atoms with Gasteiger partial charge in [0.1, 0.15) is 5.00 Å². The molecule has 1 aromatic carbocycles. The molecule has 0 bridgehead atoms. The SMILES string of the molecule is O=C(O)CCCC(=O)Nc1sc2c(c1C(=O)Nc1ccccc1)CCCCC2. The van der Waals surface area contributed by atoms with Crippen LogP contribution in [0, 0.1) is 0 Å². The molecule has 0 aliphatic heterocycles. The number of amides is 2.